The second-order valence-corrected chi connectivity index (χ2v) is 5.29. The van der Waals surface area contributed by atoms with E-state index in [1.165, 1.54) is 18.2 Å². The van der Waals surface area contributed by atoms with Gasteiger partial charge in [0.05, 0.1) is 11.3 Å². The van der Waals surface area contributed by atoms with Crippen LogP contribution >= 0.6 is 0 Å². The van der Waals surface area contributed by atoms with Gasteiger partial charge >= 0.3 is 5.97 Å². The van der Waals surface area contributed by atoms with Crippen LogP contribution in [0.1, 0.15) is 12.0 Å². The van der Waals surface area contributed by atoms with Crippen molar-refractivity contribution < 1.29 is 18.3 Å². The van der Waals surface area contributed by atoms with Gasteiger partial charge in [-0.1, -0.05) is 30.4 Å². The molecule has 1 aromatic rings. The topological polar surface area (TPSA) is 71.4 Å². The van der Waals surface area contributed by atoms with Crippen molar-refractivity contribution >= 4 is 21.9 Å². The molecule has 0 atom stereocenters. The van der Waals surface area contributed by atoms with Crippen molar-refractivity contribution in [3.8, 4) is 0 Å². The molecule has 0 aliphatic rings. The molecule has 0 aliphatic heterocycles. The first-order valence-electron chi connectivity index (χ1n) is 4.58. The highest BCUT2D eigenvalue weighted by Crippen LogP contribution is 2.16. The zero-order chi connectivity index (χ0) is 12.2. The zero-order valence-electron chi connectivity index (χ0n) is 8.75. The van der Waals surface area contributed by atoms with Crippen LogP contribution in [-0.4, -0.2) is 25.7 Å². The monoisotopic (exact) mass is 240 g/mol. The highest BCUT2D eigenvalue weighted by molar-refractivity contribution is 7.90. The number of carboxylic acids is 1. The maximum absolute atomic E-state index is 11.4. The molecule has 0 fully saturated rings. The molecule has 0 unspecified atom stereocenters. The van der Waals surface area contributed by atoms with Crippen molar-refractivity contribution in [1.82, 2.24) is 0 Å². The maximum Gasteiger partial charge on any atom is 0.307 e. The molecule has 1 N–H and O–H groups in total. The van der Waals surface area contributed by atoms with E-state index in [-0.39, 0.29) is 11.3 Å². The van der Waals surface area contributed by atoms with Gasteiger partial charge in [0.25, 0.3) is 0 Å². The summed E-state index contributed by atoms with van der Waals surface area (Å²) in [4.78, 5) is 10.5. The van der Waals surface area contributed by atoms with Crippen LogP contribution in [0, 0.1) is 0 Å². The summed E-state index contributed by atoms with van der Waals surface area (Å²) in [7, 11) is -3.28. The van der Waals surface area contributed by atoms with E-state index in [0.717, 1.165) is 6.26 Å². The minimum Gasteiger partial charge on any atom is -0.481 e. The Labute approximate surface area is 94.1 Å². The lowest BCUT2D eigenvalue weighted by atomic mass is 10.2. The van der Waals surface area contributed by atoms with Gasteiger partial charge in [-0.15, -0.1) is 0 Å². The summed E-state index contributed by atoms with van der Waals surface area (Å²) in [5, 5.41) is 8.45. The SMILES string of the molecule is CS(=O)(=O)c1ccccc1C=CCC(=O)O. The molecule has 16 heavy (non-hydrogen) atoms. The fraction of sp³-hybridized carbons (Fsp3) is 0.182. The third-order valence-corrected chi connectivity index (χ3v) is 3.08. The molecule has 0 amide bonds. The largest absolute Gasteiger partial charge is 0.481 e. The normalized spacial score (nSPS) is 11.8. The van der Waals surface area contributed by atoms with Crippen LogP contribution in [0.3, 0.4) is 0 Å². The number of aliphatic carboxylic acids is 1. The van der Waals surface area contributed by atoms with Gasteiger partial charge in [0, 0.05) is 6.26 Å². The predicted molar refractivity (Wildman–Crippen MR) is 60.8 cm³/mol. The van der Waals surface area contributed by atoms with E-state index in [9.17, 15) is 13.2 Å². The fourth-order valence-electron chi connectivity index (χ4n) is 1.24. The van der Waals surface area contributed by atoms with Gasteiger partial charge in [-0.2, -0.15) is 0 Å². The average Bonchev–Trinajstić information content (AvgIpc) is 2.16. The summed E-state index contributed by atoms with van der Waals surface area (Å²) >= 11 is 0. The number of sulfone groups is 1. The number of hydrogen-bond acceptors (Lipinski definition) is 3. The summed E-state index contributed by atoms with van der Waals surface area (Å²) in [6.07, 6.45) is 3.92. The molecule has 0 spiro atoms. The van der Waals surface area contributed by atoms with Gasteiger partial charge in [-0.25, -0.2) is 8.42 Å². The van der Waals surface area contributed by atoms with Crippen molar-refractivity contribution in [1.29, 1.82) is 0 Å². The Bertz CT molecular complexity index is 515. The maximum atomic E-state index is 11.4. The second kappa shape index (κ2) is 4.94. The molecule has 0 aromatic heterocycles. The van der Waals surface area contributed by atoms with Crippen molar-refractivity contribution in [2.45, 2.75) is 11.3 Å². The Kier molecular flexibility index (Phi) is 3.84. The number of carboxylic acid groups (broad SMARTS) is 1. The highest BCUT2D eigenvalue weighted by atomic mass is 32.2. The molecule has 0 aliphatic carbocycles. The van der Waals surface area contributed by atoms with Crippen LogP contribution in [0.2, 0.25) is 0 Å². The first-order chi connectivity index (χ1) is 7.41. The minimum absolute atomic E-state index is 0.127. The molecule has 5 heteroatoms. The van der Waals surface area contributed by atoms with Gasteiger partial charge < -0.3 is 5.11 Å². The first-order valence-corrected chi connectivity index (χ1v) is 6.48. The molecule has 1 rings (SSSR count). The standard InChI is InChI=1S/C11H12O4S/c1-16(14,15)10-7-3-2-5-9(10)6-4-8-11(12)13/h2-7H,8H2,1H3,(H,12,13). The van der Waals surface area contributed by atoms with Crippen molar-refractivity contribution in [3.05, 3.63) is 35.9 Å². The van der Waals surface area contributed by atoms with Gasteiger partial charge in [-0.05, 0) is 11.6 Å². The molecule has 1 aromatic carbocycles. The van der Waals surface area contributed by atoms with Gasteiger partial charge in [0.1, 0.15) is 0 Å². The van der Waals surface area contributed by atoms with E-state index in [1.54, 1.807) is 18.2 Å². The molecule has 0 saturated heterocycles. The predicted octanol–water partition coefficient (Wildman–Crippen LogP) is 1.58. The van der Waals surface area contributed by atoms with Crippen LogP contribution in [-0.2, 0) is 14.6 Å². The minimum atomic E-state index is -3.28. The summed E-state index contributed by atoms with van der Waals surface area (Å²) in [6.45, 7) is 0. The Morgan fingerprint density at radius 3 is 2.56 bits per heavy atom. The Balaban J connectivity index is 3.06. The number of benzene rings is 1. The third-order valence-electron chi connectivity index (χ3n) is 1.91. The lowest BCUT2D eigenvalue weighted by molar-refractivity contribution is -0.135. The van der Waals surface area contributed by atoms with Crippen molar-refractivity contribution in [2.24, 2.45) is 0 Å². The summed E-state index contributed by atoms with van der Waals surface area (Å²) in [6, 6.07) is 6.46. The lowest BCUT2D eigenvalue weighted by Gasteiger charge is -2.02. The average molecular weight is 240 g/mol. The van der Waals surface area contributed by atoms with Crippen molar-refractivity contribution in [3.63, 3.8) is 0 Å². The fourth-order valence-corrected chi connectivity index (χ4v) is 2.13. The quantitative estimate of drug-likeness (QED) is 0.867. The molecule has 86 valence electrons. The van der Waals surface area contributed by atoms with Crippen LogP contribution in [0.4, 0.5) is 0 Å². The zero-order valence-corrected chi connectivity index (χ0v) is 9.57. The van der Waals surface area contributed by atoms with Crippen LogP contribution in [0.5, 0.6) is 0 Å². The van der Waals surface area contributed by atoms with Gasteiger partial charge in [0.2, 0.25) is 0 Å². The van der Waals surface area contributed by atoms with E-state index in [0.29, 0.717) is 5.56 Å². The van der Waals surface area contributed by atoms with Gasteiger partial charge in [0.15, 0.2) is 9.84 Å². The molecule has 0 heterocycles. The van der Waals surface area contributed by atoms with Gasteiger partial charge in [-0.3, -0.25) is 4.79 Å². The van der Waals surface area contributed by atoms with E-state index < -0.39 is 15.8 Å². The number of carbonyl (C=O) groups is 1. The smallest absolute Gasteiger partial charge is 0.307 e. The Morgan fingerprint density at radius 1 is 1.38 bits per heavy atom. The summed E-state index contributed by atoms with van der Waals surface area (Å²) < 4.78 is 22.8. The highest BCUT2D eigenvalue weighted by Gasteiger charge is 2.09. The summed E-state index contributed by atoms with van der Waals surface area (Å²) in [5.41, 5.74) is 0.506. The van der Waals surface area contributed by atoms with E-state index in [1.807, 2.05) is 0 Å². The number of rotatable bonds is 4. The third kappa shape index (κ3) is 3.51. The molecule has 0 saturated carbocycles. The lowest BCUT2D eigenvalue weighted by Crippen LogP contribution is -1.99. The molecular formula is C11H12O4S. The first kappa shape index (κ1) is 12.4. The molecule has 0 radical (unpaired) electrons. The van der Waals surface area contributed by atoms with E-state index in [2.05, 4.69) is 0 Å². The molecular weight excluding hydrogens is 228 g/mol. The van der Waals surface area contributed by atoms with Crippen LogP contribution in [0.15, 0.2) is 35.2 Å². The molecule has 4 nitrogen and oxygen atoms in total. The van der Waals surface area contributed by atoms with E-state index >= 15 is 0 Å². The van der Waals surface area contributed by atoms with Crippen LogP contribution in [0.25, 0.3) is 6.08 Å². The van der Waals surface area contributed by atoms with E-state index in [4.69, 9.17) is 5.11 Å². The molecule has 0 bridgehead atoms. The second-order valence-electron chi connectivity index (χ2n) is 3.31. The number of hydrogen-bond donors (Lipinski definition) is 1. The Morgan fingerprint density at radius 2 is 2.00 bits per heavy atom. The van der Waals surface area contributed by atoms with Crippen LogP contribution < -0.4 is 0 Å². The summed E-state index contributed by atoms with van der Waals surface area (Å²) in [5.74, 6) is -0.951. The van der Waals surface area contributed by atoms with Crippen molar-refractivity contribution in [2.75, 3.05) is 6.26 Å². The Hall–Kier alpha value is -1.62.